The van der Waals surface area contributed by atoms with Gasteiger partial charge >= 0.3 is 5.97 Å². The van der Waals surface area contributed by atoms with Crippen LogP contribution >= 0.6 is 11.8 Å². The number of methoxy groups -OCH3 is 2. The van der Waals surface area contributed by atoms with Gasteiger partial charge in [0.15, 0.2) is 5.17 Å². The highest BCUT2D eigenvalue weighted by Crippen LogP contribution is 2.45. The minimum absolute atomic E-state index is 0.0140. The molecule has 1 N–H and O–H groups in total. The Kier molecular flexibility index (Phi) is 5.85. The molecule has 1 unspecified atom stereocenters. The van der Waals surface area contributed by atoms with Crippen LogP contribution < -0.4 is 10.1 Å². The van der Waals surface area contributed by atoms with Crippen molar-refractivity contribution in [3.63, 3.8) is 0 Å². The molecule has 1 aromatic carbocycles. The lowest BCUT2D eigenvalue weighted by molar-refractivity contribution is -0.136. The lowest BCUT2D eigenvalue weighted by Crippen LogP contribution is -2.38. The summed E-state index contributed by atoms with van der Waals surface area (Å²) in [6, 6.07) is 7.48. The second kappa shape index (κ2) is 8.55. The number of amides is 1. The molecule has 1 amide bonds. The van der Waals surface area contributed by atoms with Crippen molar-refractivity contribution in [2.75, 3.05) is 14.2 Å². The summed E-state index contributed by atoms with van der Waals surface area (Å²) in [5.41, 5.74) is 2.89. The zero-order valence-corrected chi connectivity index (χ0v) is 18.1. The van der Waals surface area contributed by atoms with E-state index in [0.717, 1.165) is 29.3 Å². The van der Waals surface area contributed by atoms with Crippen LogP contribution in [0.1, 0.15) is 44.2 Å². The number of carbonyl (C=O) groups is 2. The molecule has 158 valence electrons. The van der Waals surface area contributed by atoms with Crippen LogP contribution in [0.15, 0.2) is 51.6 Å². The minimum Gasteiger partial charge on any atom is -0.497 e. The van der Waals surface area contributed by atoms with Gasteiger partial charge in [-0.25, -0.2) is 9.79 Å². The third kappa shape index (κ3) is 3.96. The van der Waals surface area contributed by atoms with Crippen LogP contribution in [-0.2, 0) is 14.3 Å². The Morgan fingerprint density at radius 3 is 2.77 bits per heavy atom. The van der Waals surface area contributed by atoms with E-state index >= 15 is 0 Å². The number of aliphatic imine (C=N–C) groups is 1. The van der Waals surface area contributed by atoms with Crippen LogP contribution in [0.25, 0.3) is 0 Å². The minimum atomic E-state index is -0.440. The average Bonchev–Trinajstić information content (AvgIpc) is 3.50. The van der Waals surface area contributed by atoms with E-state index in [0.29, 0.717) is 29.5 Å². The number of thioether (sulfide) groups is 1. The third-order valence-corrected chi connectivity index (χ3v) is 6.21. The van der Waals surface area contributed by atoms with Gasteiger partial charge in [-0.2, -0.15) is 0 Å². The number of nitrogens with one attached hydrogen (secondary N) is 1. The number of benzene rings is 1. The first kappa shape index (κ1) is 20.5. The molecule has 0 bridgehead atoms. The summed E-state index contributed by atoms with van der Waals surface area (Å²) in [6.07, 6.45) is 2.91. The van der Waals surface area contributed by atoms with Crippen molar-refractivity contribution in [1.29, 1.82) is 0 Å². The maximum absolute atomic E-state index is 12.8. The van der Waals surface area contributed by atoms with Crippen LogP contribution in [0.2, 0.25) is 0 Å². The van der Waals surface area contributed by atoms with Crippen molar-refractivity contribution >= 4 is 28.8 Å². The summed E-state index contributed by atoms with van der Waals surface area (Å²) in [6.45, 7) is 1.97. The molecule has 1 fully saturated rings. The molecule has 0 spiro atoms. The van der Waals surface area contributed by atoms with Gasteiger partial charge in [-0.3, -0.25) is 4.79 Å². The molecule has 30 heavy (non-hydrogen) atoms. The van der Waals surface area contributed by atoms with Gasteiger partial charge < -0.3 is 19.7 Å². The van der Waals surface area contributed by atoms with Crippen LogP contribution in [-0.4, -0.2) is 42.2 Å². The fraction of sp³-hybridized carbons (Fsp3) is 0.409. The van der Waals surface area contributed by atoms with Gasteiger partial charge in [0.1, 0.15) is 5.75 Å². The predicted octanol–water partition coefficient (Wildman–Crippen LogP) is 3.50. The zero-order valence-electron chi connectivity index (χ0n) is 17.3. The van der Waals surface area contributed by atoms with Crippen molar-refractivity contribution in [3.05, 3.63) is 52.2 Å². The Bertz CT molecular complexity index is 965. The molecule has 0 aromatic heterocycles. The molecule has 2 aliphatic heterocycles. The largest absolute Gasteiger partial charge is 0.497 e. The standard InChI is InChI=1S/C22H25N3O4S/c1-4-17-19(21(27)29-3)20(13-6-5-7-16(10-13)28-2)25-15(12-30-22(25)24-17)11-18(26)23-14-8-9-14/h5-7,10,12,14,20H,4,8-9,11H2,1-3H3,(H,23,26). The number of esters is 1. The van der Waals surface area contributed by atoms with E-state index in [2.05, 4.69) is 5.32 Å². The maximum Gasteiger partial charge on any atom is 0.338 e. The Morgan fingerprint density at radius 2 is 2.10 bits per heavy atom. The predicted molar refractivity (Wildman–Crippen MR) is 116 cm³/mol. The second-order valence-electron chi connectivity index (χ2n) is 7.39. The molecular weight excluding hydrogens is 402 g/mol. The summed E-state index contributed by atoms with van der Waals surface area (Å²) < 4.78 is 10.5. The number of fused-ring (bicyclic) bond motifs is 1. The van der Waals surface area contributed by atoms with Gasteiger partial charge in [-0.15, -0.1) is 0 Å². The quantitative estimate of drug-likeness (QED) is 0.671. The van der Waals surface area contributed by atoms with Crippen LogP contribution in [0, 0.1) is 0 Å². The summed E-state index contributed by atoms with van der Waals surface area (Å²) in [7, 11) is 2.99. The number of rotatable bonds is 7. The van der Waals surface area contributed by atoms with Crippen molar-refractivity contribution in [3.8, 4) is 5.75 Å². The Balaban J connectivity index is 1.75. The molecule has 3 aliphatic rings. The summed E-state index contributed by atoms with van der Waals surface area (Å²) >= 11 is 1.48. The highest BCUT2D eigenvalue weighted by atomic mass is 32.2. The molecule has 0 radical (unpaired) electrons. The highest BCUT2D eigenvalue weighted by molar-refractivity contribution is 8.16. The number of amidine groups is 1. The van der Waals surface area contributed by atoms with E-state index in [4.69, 9.17) is 14.5 Å². The fourth-order valence-electron chi connectivity index (χ4n) is 3.71. The number of hydrogen-bond donors (Lipinski definition) is 1. The van der Waals surface area contributed by atoms with Gasteiger partial charge in [0.05, 0.1) is 38.0 Å². The third-order valence-electron chi connectivity index (χ3n) is 5.32. The van der Waals surface area contributed by atoms with Gasteiger partial charge in [-0.1, -0.05) is 30.8 Å². The van der Waals surface area contributed by atoms with Gasteiger partial charge in [-0.05, 0) is 42.4 Å². The van der Waals surface area contributed by atoms with Crippen LogP contribution in [0.4, 0.5) is 0 Å². The van der Waals surface area contributed by atoms with Crippen LogP contribution in [0.3, 0.4) is 0 Å². The van der Waals surface area contributed by atoms with E-state index in [-0.39, 0.29) is 12.3 Å². The monoisotopic (exact) mass is 427 g/mol. The van der Waals surface area contributed by atoms with E-state index < -0.39 is 12.0 Å². The van der Waals surface area contributed by atoms with Gasteiger partial charge in [0.25, 0.3) is 0 Å². The zero-order chi connectivity index (χ0) is 21.3. The summed E-state index contributed by atoms with van der Waals surface area (Å²) in [4.78, 5) is 32.1. The Hall–Kier alpha value is -2.74. The Labute approximate surface area is 180 Å². The first-order chi connectivity index (χ1) is 14.5. The maximum atomic E-state index is 12.8. The van der Waals surface area contributed by atoms with Crippen molar-refractivity contribution < 1.29 is 19.1 Å². The number of ether oxygens (including phenoxy) is 2. The van der Waals surface area contributed by atoms with Crippen LogP contribution in [0.5, 0.6) is 5.75 Å². The van der Waals surface area contributed by atoms with Crippen molar-refractivity contribution in [1.82, 2.24) is 10.2 Å². The average molecular weight is 428 g/mol. The number of hydrogen-bond acceptors (Lipinski definition) is 7. The first-order valence-electron chi connectivity index (χ1n) is 10.0. The smallest absolute Gasteiger partial charge is 0.338 e. The molecule has 8 heteroatoms. The fourth-order valence-corrected chi connectivity index (χ4v) is 4.65. The number of allylic oxidation sites excluding steroid dienone is 1. The molecule has 7 nitrogen and oxygen atoms in total. The van der Waals surface area contributed by atoms with E-state index in [9.17, 15) is 9.59 Å². The normalized spacial score (nSPS) is 20.4. The van der Waals surface area contributed by atoms with Gasteiger partial charge in [0, 0.05) is 11.7 Å². The molecular formula is C22H25N3O4S. The van der Waals surface area contributed by atoms with E-state index in [1.807, 2.05) is 41.5 Å². The molecule has 2 heterocycles. The van der Waals surface area contributed by atoms with Crippen molar-refractivity contribution in [2.45, 2.75) is 44.7 Å². The lowest BCUT2D eigenvalue weighted by Gasteiger charge is -2.36. The van der Waals surface area contributed by atoms with Gasteiger partial charge in [0.2, 0.25) is 5.91 Å². The molecule has 4 rings (SSSR count). The topological polar surface area (TPSA) is 80.2 Å². The summed E-state index contributed by atoms with van der Waals surface area (Å²) in [5, 5.41) is 5.75. The molecule has 1 atom stereocenters. The highest BCUT2D eigenvalue weighted by Gasteiger charge is 2.41. The summed E-state index contributed by atoms with van der Waals surface area (Å²) in [5.74, 6) is 0.267. The second-order valence-corrected chi connectivity index (χ2v) is 8.23. The lowest BCUT2D eigenvalue weighted by atomic mass is 9.92. The van der Waals surface area contributed by atoms with E-state index in [1.165, 1.54) is 18.9 Å². The van der Waals surface area contributed by atoms with Crippen molar-refractivity contribution in [2.24, 2.45) is 4.99 Å². The number of carbonyl (C=O) groups excluding carboxylic acids is 2. The molecule has 1 aromatic rings. The number of nitrogens with zero attached hydrogens (tertiary/aromatic N) is 2. The molecule has 1 saturated carbocycles. The Morgan fingerprint density at radius 1 is 1.30 bits per heavy atom. The molecule has 1 aliphatic carbocycles. The molecule has 0 saturated heterocycles. The SMILES string of the molecule is CCC1=C(C(=O)OC)C(c2cccc(OC)c2)N2C(CC(=O)NC3CC3)=CSC2=N1. The van der Waals surface area contributed by atoms with E-state index in [1.54, 1.807) is 7.11 Å². The first-order valence-corrected chi connectivity index (χ1v) is 10.9.